The number of aromatic nitrogens is 6. The van der Waals surface area contributed by atoms with Crippen LogP contribution in [0.15, 0.2) is 51.7 Å². The second kappa shape index (κ2) is 8.38. The van der Waals surface area contributed by atoms with Gasteiger partial charge in [0.2, 0.25) is 5.88 Å². The zero-order chi connectivity index (χ0) is 22.1. The number of hydrogen-bond donors (Lipinski definition) is 0. The van der Waals surface area contributed by atoms with Gasteiger partial charge in [-0.15, -0.1) is 0 Å². The molecule has 2 aromatic heterocycles. The van der Waals surface area contributed by atoms with E-state index >= 15 is 0 Å². The third kappa shape index (κ3) is 3.86. The molecule has 4 rings (SSSR count). The monoisotopic (exact) mass is 484 g/mol. The molecule has 2 heterocycles. The average Bonchev–Trinajstić information content (AvgIpc) is 3.25. The molecule has 0 N–H and O–H groups in total. The van der Waals surface area contributed by atoms with Crippen LogP contribution in [-0.2, 0) is 20.7 Å². The van der Waals surface area contributed by atoms with Crippen LogP contribution in [0.3, 0.4) is 0 Å². The van der Waals surface area contributed by atoms with E-state index < -0.39 is 0 Å². The lowest BCUT2D eigenvalue weighted by atomic mass is 10.1. The van der Waals surface area contributed by atoms with E-state index in [1.807, 2.05) is 56.4 Å². The number of para-hydroxylation sites is 1. The number of nitrogens with zero attached hydrogens (tertiary/aromatic N) is 6. The molecular weight excluding hydrogens is 464 g/mol. The Morgan fingerprint density at radius 2 is 1.84 bits per heavy atom. The number of benzene rings is 2. The van der Waals surface area contributed by atoms with Gasteiger partial charge >= 0.3 is 5.69 Å². The zero-order valence-corrected chi connectivity index (χ0v) is 19.1. The molecule has 0 aliphatic heterocycles. The molecule has 4 aromatic rings. The number of ether oxygens (including phenoxy) is 2. The summed E-state index contributed by atoms with van der Waals surface area (Å²) in [6.07, 6.45) is 0. The van der Waals surface area contributed by atoms with E-state index in [4.69, 9.17) is 9.47 Å². The minimum absolute atomic E-state index is 0.278. The van der Waals surface area contributed by atoms with E-state index in [1.165, 1.54) is 9.36 Å². The molecule has 2 aromatic carbocycles. The van der Waals surface area contributed by atoms with E-state index in [-0.39, 0.29) is 12.3 Å². The van der Waals surface area contributed by atoms with Crippen molar-refractivity contribution in [2.45, 2.75) is 13.5 Å². The standard InChI is InChI=1S/C21H21BrN6O3/c1-13-11-14(19-18(22)20(30-4)26(2)23-19)9-10-17(13)31-12-15-7-5-6-8-16(15)28-21(29)27(3)24-25-28/h5-11H,12H2,1-4H3. The highest BCUT2D eigenvalue weighted by atomic mass is 79.9. The Hall–Kier alpha value is -3.40. The van der Waals surface area contributed by atoms with Gasteiger partial charge < -0.3 is 9.47 Å². The molecule has 0 saturated heterocycles. The fraction of sp³-hybridized carbons (Fsp3) is 0.238. The average molecular weight is 485 g/mol. The van der Waals surface area contributed by atoms with Gasteiger partial charge in [0.25, 0.3) is 0 Å². The van der Waals surface area contributed by atoms with Crippen molar-refractivity contribution in [1.82, 2.24) is 29.6 Å². The molecule has 160 valence electrons. The van der Waals surface area contributed by atoms with Gasteiger partial charge in [-0.3, -0.25) is 0 Å². The lowest BCUT2D eigenvalue weighted by Gasteiger charge is -2.12. The molecule has 31 heavy (non-hydrogen) atoms. The van der Waals surface area contributed by atoms with E-state index in [0.29, 0.717) is 11.6 Å². The number of aryl methyl sites for hydroxylation is 3. The molecule has 0 bridgehead atoms. The highest BCUT2D eigenvalue weighted by Gasteiger charge is 2.17. The fourth-order valence-electron chi connectivity index (χ4n) is 3.31. The highest BCUT2D eigenvalue weighted by molar-refractivity contribution is 9.10. The molecule has 0 radical (unpaired) electrons. The van der Waals surface area contributed by atoms with Crippen LogP contribution in [0.5, 0.6) is 11.6 Å². The summed E-state index contributed by atoms with van der Waals surface area (Å²) < 4.78 is 16.4. The molecule has 0 amide bonds. The Morgan fingerprint density at radius 3 is 2.48 bits per heavy atom. The summed E-state index contributed by atoms with van der Waals surface area (Å²) in [6, 6.07) is 13.3. The Kier molecular flexibility index (Phi) is 5.64. The second-order valence-electron chi connectivity index (χ2n) is 6.99. The third-order valence-corrected chi connectivity index (χ3v) is 5.62. The first-order valence-electron chi connectivity index (χ1n) is 9.48. The topological polar surface area (TPSA) is 89.0 Å². The molecule has 0 spiro atoms. The van der Waals surface area contributed by atoms with Crippen molar-refractivity contribution in [3.05, 3.63) is 68.5 Å². The van der Waals surface area contributed by atoms with Gasteiger partial charge in [0, 0.05) is 25.2 Å². The Morgan fingerprint density at radius 1 is 1.06 bits per heavy atom. The van der Waals surface area contributed by atoms with E-state index in [1.54, 1.807) is 18.8 Å². The zero-order valence-electron chi connectivity index (χ0n) is 17.5. The summed E-state index contributed by atoms with van der Waals surface area (Å²) in [5.74, 6) is 1.40. The summed E-state index contributed by atoms with van der Waals surface area (Å²) in [5.41, 5.74) is 3.85. The van der Waals surface area contributed by atoms with Crippen LogP contribution in [0.2, 0.25) is 0 Å². The van der Waals surface area contributed by atoms with Crippen LogP contribution >= 0.6 is 15.9 Å². The summed E-state index contributed by atoms with van der Waals surface area (Å²) >= 11 is 3.56. The molecule has 0 saturated carbocycles. The normalized spacial score (nSPS) is 11.0. The van der Waals surface area contributed by atoms with Gasteiger partial charge in [0.1, 0.15) is 22.5 Å². The summed E-state index contributed by atoms with van der Waals surface area (Å²) in [4.78, 5) is 12.2. The lowest BCUT2D eigenvalue weighted by molar-refractivity contribution is 0.303. The third-order valence-electron chi connectivity index (χ3n) is 4.91. The number of halogens is 1. The predicted molar refractivity (Wildman–Crippen MR) is 119 cm³/mol. The molecule has 0 unspecified atom stereocenters. The van der Waals surface area contributed by atoms with Crippen LogP contribution in [0.25, 0.3) is 16.9 Å². The smallest absolute Gasteiger partial charge is 0.368 e. The van der Waals surface area contributed by atoms with Crippen LogP contribution in [-0.4, -0.2) is 36.7 Å². The maximum Gasteiger partial charge on any atom is 0.368 e. The molecule has 0 atom stereocenters. The number of methoxy groups -OCH3 is 1. The lowest BCUT2D eigenvalue weighted by Crippen LogP contribution is -2.23. The Labute approximate surface area is 186 Å². The first-order chi connectivity index (χ1) is 14.9. The van der Waals surface area contributed by atoms with Crippen molar-refractivity contribution < 1.29 is 9.47 Å². The number of tetrazole rings is 1. The fourth-order valence-corrected chi connectivity index (χ4v) is 4.03. The predicted octanol–water partition coefficient (Wildman–Crippen LogP) is 3.03. The van der Waals surface area contributed by atoms with Gasteiger partial charge in [-0.25, -0.2) is 9.48 Å². The van der Waals surface area contributed by atoms with Crippen molar-refractivity contribution in [1.29, 1.82) is 0 Å². The van der Waals surface area contributed by atoms with Gasteiger partial charge in [-0.2, -0.15) is 14.5 Å². The number of hydrogen-bond acceptors (Lipinski definition) is 6. The quantitative estimate of drug-likeness (QED) is 0.417. The Balaban J connectivity index is 1.59. The molecule has 0 aliphatic carbocycles. The summed E-state index contributed by atoms with van der Waals surface area (Å²) in [6.45, 7) is 2.26. The SMILES string of the molecule is COc1c(Br)c(-c2ccc(OCc3ccccc3-n3nnn(C)c3=O)c(C)c2)nn1C. The van der Waals surface area contributed by atoms with Crippen LogP contribution < -0.4 is 15.2 Å². The van der Waals surface area contributed by atoms with Crippen molar-refractivity contribution in [2.75, 3.05) is 7.11 Å². The molecule has 9 nitrogen and oxygen atoms in total. The van der Waals surface area contributed by atoms with Gasteiger partial charge in [0.05, 0.1) is 12.8 Å². The van der Waals surface area contributed by atoms with Gasteiger partial charge in [0.15, 0.2) is 0 Å². The van der Waals surface area contributed by atoms with Crippen LogP contribution in [0, 0.1) is 6.92 Å². The Bertz CT molecular complexity index is 1310. The van der Waals surface area contributed by atoms with Gasteiger partial charge in [-0.1, -0.05) is 18.2 Å². The van der Waals surface area contributed by atoms with Crippen LogP contribution in [0.1, 0.15) is 11.1 Å². The molecular formula is C21H21BrN6O3. The molecule has 10 heteroatoms. The maximum absolute atomic E-state index is 12.2. The molecule has 0 aliphatic rings. The summed E-state index contributed by atoms with van der Waals surface area (Å²) in [7, 11) is 5.00. The van der Waals surface area contributed by atoms with Crippen molar-refractivity contribution in [2.24, 2.45) is 14.1 Å². The largest absolute Gasteiger partial charge is 0.489 e. The van der Waals surface area contributed by atoms with E-state index in [0.717, 1.165) is 32.6 Å². The van der Waals surface area contributed by atoms with Crippen LogP contribution in [0.4, 0.5) is 0 Å². The number of rotatable bonds is 6. The highest BCUT2D eigenvalue weighted by Crippen LogP contribution is 2.36. The maximum atomic E-state index is 12.2. The first kappa shape index (κ1) is 20.9. The minimum atomic E-state index is -0.315. The van der Waals surface area contributed by atoms with Crippen molar-refractivity contribution in [3.63, 3.8) is 0 Å². The van der Waals surface area contributed by atoms with E-state index in [2.05, 4.69) is 31.5 Å². The van der Waals surface area contributed by atoms with Gasteiger partial charge in [-0.05, 0) is 63.1 Å². The molecule has 0 fully saturated rings. The van der Waals surface area contributed by atoms with E-state index in [9.17, 15) is 4.79 Å². The second-order valence-corrected chi connectivity index (χ2v) is 7.78. The minimum Gasteiger partial charge on any atom is -0.489 e. The summed E-state index contributed by atoms with van der Waals surface area (Å²) in [5, 5.41) is 12.2. The van der Waals surface area contributed by atoms with Crippen molar-refractivity contribution >= 4 is 15.9 Å². The van der Waals surface area contributed by atoms with Crippen molar-refractivity contribution in [3.8, 4) is 28.6 Å². The first-order valence-corrected chi connectivity index (χ1v) is 10.3.